The molecule has 1 aromatic carbocycles. The molecule has 1 saturated heterocycles. The molecule has 8 heteroatoms. The van der Waals surface area contributed by atoms with Crippen LogP contribution in [-0.2, 0) is 30.2 Å². The molecule has 0 bridgehead atoms. The van der Waals surface area contributed by atoms with Crippen LogP contribution in [0.3, 0.4) is 0 Å². The Morgan fingerprint density at radius 2 is 1.78 bits per heavy atom. The third-order valence-corrected chi connectivity index (χ3v) is 4.92. The Bertz CT molecular complexity index is 913. The molecular formula is C19H18O8. The summed E-state index contributed by atoms with van der Waals surface area (Å²) in [6, 6.07) is 1.40. The predicted molar refractivity (Wildman–Crippen MR) is 89.3 cm³/mol. The van der Waals surface area contributed by atoms with E-state index in [1.165, 1.54) is 27.2 Å². The molecule has 27 heavy (non-hydrogen) atoms. The molecule has 2 aliphatic carbocycles. The second-order valence-corrected chi connectivity index (χ2v) is 6.51. The van der Waals surface area contributed by atoms with Crippen molar-refractivity contribution in [3.05, 3.63) is 39.8 Å². The van der Waals surface area contributed by atoms with Crippen LogP contribution in [-0.4, -0.2) is 44.1 Å². The quantitative estimate of drug-likeness (QED) is 0.584. The fourth-order valence-corrected chi connectivity index (χ4v) is 4.00. The van der Waals surface area contributed by atoms with Gasteiger partial charge in [-0.2, -0.15) is 0 Å². The maximum atomic E-state index is 13.0. The van der Waals surface area contributed by atoms with Crippen molar-refractivity contribution in [2.75, 3.05) is 14.2 Å². The van der Waals surface area contributed by atoms with E-state index >= 15 is 0 Å². The smallest absolute Gasteiger partial charge is 0.308 e. The molecule has 0 radical (unpaired) electrons. The van der Waals surface area contributed by atoms with Gasteiger partial charge in [0.25, 0.3) is 0 Å². The van der Waals surface area contributed by atoms with Crippen molar-refractivity contribution >= 4 is 17.5 Å². The van der Waals surface area contributed by atoms with Gasteiger partial charge in [0.1, 0.15) is 11.9 Å². The molecule has 0 saturated carbocycles. The van der Waals surface area contributed by atoms with Gasteiger partial charge in [0.15, 0.2) is 6.29 Å². The number of allylic oxidation sites excluding steroid dienone is 2. The van der Waals surface area contributed by atoms with E-state index in [4.69, 9.17) is 23.7 Å². The van der Waals surface area contributed by atoms with Gasteiger partial charge in [-0.05, 0) is 18.6 Å². The van der Waals surface area contributed by atoms with E-state index in [0.717, 1.165) is 0 Å². The molecule has 0 aromatic heterocycles. The largest absolute Gasteiger partial charge is 0.489 e. The topological polar surface area (TPSA) is 97.4 Å². The van der Waals surface area contributed by atoms with E-state index in [-0.39, 0.29) is 34.5 Å². The van der Waals surface area contributed by atoms with Crippen molar-refractivity contribution in [2.45, 2.75) is 38.8 Å². The SMILES string of the molecule is COC1=C(OC)C(=O)c2c(cc(OC(C)=O)c3c2CC2OC(C)OC32)C1=O. The van der Waals surface area contributed by atoms with Gasteiger partial charge in [-0.3, -0.25) is 14.4 Å². The molecule has 8 nitrogen and oxygen atoms in total. The van der Waals surface area contributed by atoms with E-state index < -0.39 is 29.9 Å². The molecule has 0 amide bonds. The number of hydrogen-bond acceptors (Lipinski definition) is 8. The number of Topliss-reactive ketones (excluding diaryl/α,β-unsaturated/α-hetero) is 2. The Kier molecular flexibility index (Phi) is 4.05. The van der Waals surface area contributed by atoms with Gasteiger partial charge >= 0.3 is 5.97 Å². The van der Waals surface area contributed by atoms with Crippen LogP contribution in [0.25, 0.3) is 0 Å². The molecular weight excluding hydrogens is 356 g/mol. The number of rotatable bonds is 3. The Hall–Kier alpha value is -2.71. The highest BCUT2D eigenvalue weighted by atomic mass is 16.7. The minimum absolute atomic E-state index is 0.112. The van der Waals surface area contributed by atoms with Gasteiger partial charge in [0.2, 0.25) is 23.1 Å². The molecule has 1 aliphatic heterocycles. The fraction of sp³-hybridized carbons (Fsp3) is 0.421. The molecule has 0 N–H and O–H groups in total. The van der Waals surface area contributed by atoms with E-state index in [2.05, 4.69) is 0 Å². The fourth-order valence-electron chi connectivity index (χ4n) is 4.00. The number of ketones is 2. The number of fused-ring (bicyclic) bond motifs is 5. The molecule has 0 spiro atoms. The highest BCUT2D eigenvalue weighted by Gasteiger charge is 2.48. The van der Waals surface area contributed by atoms with Gasteiger partial charge in [-0.15, -0.1) is 0 Å². The average Bonchev–Trinajstić information content (AvgIpc) is 3.12. The van der Waals surface area contributed by atoms with Crippen LogP contribution in [0.4, 0.5) is 0 Å². The zero-order chi connectivity index (χ0) is 19.5. The van der Waals surface area contributed by atoms with Crippen molar-refractivity contribution in [3.8, 4) is 5.75 Å². The number of methoxy groups -OCH3 is 2. The van der Waals surface area contributed by atoms with Gasteiger partial charge < -0.3 is 23.7 Å². The molecule has 3 aliphatic rings. The standard InChI is InChI=1S/C19H18O8/c1-7(20)25-11-6-10-13(16(22)19(24-4)18(23-3)15(10)21)9-5-12-17(14(9)11)27-8(2)26-12/h6,8,12,17H,5H2,1-4H3. The van der Waals surface area contributed by atoms with E-state index in [1.807, 2.05) is 0 Å². The maximum Gasteiger partial charge on any atom is 0.308 e. The lowest BCUT2D eigenvalue weighted by atomic mass is 9.86. The molecule has 3 unspecified atom stereocenters. The first-order valence-electron chi connectivity index (χ1n) is 8.48. The summed E-state index contributed by atoms with van der Waals surface area (Å²) >= 11 is 0. The highest BCUT2D eigenvalue weighted by molar-refractivity contribution is 6.26. The van der Waals surface area contributed by atoms with Crippen LogP contribution < -0.4 is 4.74 Å². The number of carbonyl (C=O) groups is 3. The third kappa shape index (κ3) is 2.48. The Balaban J connectivity index is 1.96. The lowest BCUT2D eigenvalue weighted by Crippen LogP contribution is -2.26. The number of hydrogen-bond donors (Lipinski definition) is 0. The average molecular weight is 374 g/mol. The molecule has 1 fully saturated rings. The number of carbonyl (C=O) groups excluding carboxylic acids is 3. The van der Waals surface area contributed by atoms with Crippen LogP contribution in [0, 0.1) is 0 Å². The minimum Gasteiger partial charge on any atom is -0.489 e. The lowest BCUT2D eigenvalue weighted by molar-refractivity contribution is -0.132. The third-order valence-electron chi connectivity index (χ3n) is 4.92. The summed E-state index contributed by atoms with van der Waals surface area (Å²) in [5.41, 5.74) is 1.47. The van der Waals surface area contributed by atoms with Crippen LogP contribution in [0.2, 0.25) is 0 Å². The minimum atomic E-state index is -0.540. The van der Waals surface area contributed by atoms with E-state index in [1.54, 1.807) is 6.92 Å². The summed E-state index contributed by atoms with van der Waals surface area (Å²) in [7, 11) is 2.60. The van der Waals surface area contributed by atoms with Gasteiger partial charge in [-0.1, -0.05) is 0 Å². The van der Waals surface area contributed by atoms with Gasteiger partial charge in [-0.25, -0.2) is 0 Å². The van der Waals surface area contributed by atoms with Crippen LogP contribution >= 0.6 is 0 Å². The first-order valence-corrected chi connectivity index (χ1v) is 8.48. The van der Waals surface area contributed by atoms with Crippen molar-refractivity contribution in [3.63, 3.8) is 0 Å². The summed E-state index contributed by atoms with van der Waals surface area (Å²) < 4.78 is 27.1. The lowest BCUT2D eigenvalue weighted by Gasteiger charge is -2.23. The number of esters is 1. The van der Waals surface area contributed by atoms with E-state index in [9.17, 15) is 14.4 Å². The summed E-state index contributed by atoms with van der Waals surface area (Å²) in [6.07, 6.45) is -0.852. The Morgan fingerprint density at radius 3 is 2.41 bits per heavy atom. The first-order chi connectivity index (χ1) is 12.9. The van der Waals surface area contributed by atoms with E-state index in [0.29, 0.717) is 17.5 Å². The summed E-state index contributed by atoms with van der Waals surface area (Å²) in [4.78, 5) is 37.5. The molecule has 142 valence electrons. The summed E-state index contributed by atoms with van der Waals surface area (Å²) in [5, 5.41) is 0. The van der Waals surface area contributed by atoms with Crippen LogP contribution in [0.15, 0.2) is 17.6 Å². The highest BCUT2D eigenvalue weighted by Crippen LogP contribution is 2.49. The number of ether oxygens (including phenoxy) is 5. The molecule has 4 rings (SSSR count). The first kappa shape index (κ1) is 17.7. The maximum absolute atomic E-state index is 13.0. The monoisotopic (exact) mass is 374 g/mol. The van der Waals surface area contributed by atoms with Crippen molar-refractivity contribution in [2.24, 2.45) is 0 Å². The molecule has 3 atom stereocenters. The Morgan fingerprint density at radius 1 is 1.11 bits per heavy atom. The van der Waals surface area contributed by atoms with Gasteiger partial charge in [0.05, 0.1) is 20.3 Å². The normalized spacial score (nSPS) is 25.9. The zero-order valence-corrected chi connectivity index (χ0v) is 15.3. The second kappa shape index (κ2) is 6.17. The summed E-state index contributed by atoms with van der Waals surface area (Å²) in [6.45, 7) is 3.04. The van der Waals surface area contributed by atoms with Crippen molar-refractivity contribution in [1.29, 1.82) is 0 Å². The van der Waals surface area contributed by atoms with Crippen molar-refractivity contribution < 1.29 is 38.1 Å². The van der Waals surface area contributed by atoms with Gasteiger partial charge in [0, 0.05) is 30.0 Å². The zero-order valence-electron chi connectivity index (χ0n) is 15.3. The molecule has 1 aromatic rings. The van der Waals surface area contributed by atoms with Crippen molar-refractivity contribution in [1.82, 2.24) is 0 Å². The predicted octanol–water partition coefficient (Wildman–Crippen LogP) is 1.85. The molecule has 1 heterocycles. The van der Waals surface area contributed by atoms with Crippen LogP contribution in [0.5, 0.6) is 5.75 Å². The van der Waals surface area contributed by atoms with Crippen LogP contribution in [0.1, 0.15) is 51.8 Å². The second-order valence-electron chi connectivity index (χ2n) is 6.51. The number of benzene rings is 1. The Labute approximate surface area is 155 Å². The summed E-state index contributed by atoms with van der Waals surface area (Å²) in [5.74, 6) is -1.64.